The summed E-state index contributed by atoms with van der Waals surface area (Å²) in [6, 6.07) is 8.90. The number of amides is 3. The summed E-state index contributed by atoms with van der Waals surface area (Å²) in [7, 11) is 0. The van der Waals surface area contributed by atoms with Crippen LogP contribution in [0.4, 0.5) is 0 Å². The van der Waals surface area contributed by atoms with Gasteiger partial charge in [-0.25, -0.2) is 5.48 Å². The SMILES string of the molecule is O=C(O)CC[C@@H](NC(=O)CCCCC(=O)NCCCc1ccccc1)C(=O)NO. The number of nitrogens with one attached hydrogen (secondary N) is 3. The Balaban J connectivity index is 2.15. The number of carbonyl (C=O) groups is 4. The van der Waals surface area contributed by atoms with Crippen LogP contribution in [-0.4, -0.2) is 46.6 Å². The lowest BCUT2D eigenvalue weighted by molar-refractivity contribution is -0.139. The molecule has 29 heavy (non-hydrogen) atoms. The van der Waals surface area contributed by atoms with Gasteiger partial charge in [-0.2, -0.15) is 0 Å². The molecule has 0 heterocycles. The third-order valence-electron chi connectivity index (χ3n) is 4.27. The molecule has 0 aliphatic heterocycles. The summed E-state index contributed by atoms with van der Waals surface area (Å²) in [4.78, 5) is 45.8. The highest BCUT2D eigenvalue weighted by Crippen LogP contribution is 2.04. The highest BCUT2D eigenvalue weighted by Gasteiger charge is 2.21. The van der Waals surface area contributed by atoms with Crippen LogP contribution in [0.25, 0.3) is 0 Å². The number of hydroxylamine groups is 1. The number of hydrogen-bond donors (Lipinski definition) is 5. The maximum atomic E-state index is 11.9. The van der Waals surface area contributed by atoms with Crippen molar-refractivity contribution in [2.45, 2.75) is 57.4 Å². The van der Waals surface area contributed by atoms with E-state index in [9.17, 15) is 19.2 Å². The molecule has 0 aromatic heterocycles. The van der Waals surface area contributed by atoms with Crippen LogP contribution in [0.1, 0.15) is 50.5 Å². The zero-order valence-electron chi connectivity index (χ0n) is 16.4. The van der Waals surface area contributed by atoms with Crippen LogP contribution in [0, 0.1) is 0 Å². The van der Waals surface area contributed by atoms with E-state index in [1.54, 1.807) is 0 Å². The lowest BCUT2D eigenvalue weighted by atomic mass is 10.1. The molecule has 0 saturated heterocycles. The first-order chi connectivity index (χ1) is 13.9. The molecule has 3 amide bonds. The molecule has 0 saturated carbocycles. The smallest absolute Gasteiger partial charge is 0.303 e. The maximum absolute atomic E-state index is 11.9. The molecule has 1 aromatic carbocycles. The van der Waals surface area contributed by atoms with Gasteiger partial charge >= 0.3 is 5.97 Å². The minimum atomic E-state index is -1.11. The number of unbranched alkanes of at least 4 members (excludes halogenated alkanes) is 1. The van der Waals surface area contributed by atoms with Gasteiger partial charge in [0.1, 0.15) is 6.04 Å². The van der Waals surface area contributed by atoms with Gasteiger partial charge in [-0.05, 0) is 37.7 Å². The van der Waals surface area contributed by atoms with Crippen molar-refractivity contribution in [2.24, 2.45) is 0 Å². The van der Waals surface area contributed by atoms with Crippen molar-refractivity contribution in [2.75, 3.05) is 6.54 Å². The van der Waals surface area contributed by atoms with Crippen molar-refractivity contribution in [3.63, 3.8) is 0 Å². The maximum Gasteiger partial charge on any atom is 0.303 e. The monoisotopic (exact) mass is 407 g/mol. The number of carbonyl (C=O) groups excluding carboxylic acids is 3. The molecule has 9 nitrogen and oxygen atoms in total. The van der Waals surface area contributed by atoms with Crippen LogP contribution in [0.15, 0.2) is 30.3 Å². The lowest BCUT2D eigenvalue weighted by Gasteiger charge is -2.15. The predicted octanol–water partition coefficient (Wildman–Crippen LogP) is 1.15. The van der Waals surface area contributed by atoms with Gasteiger partial charge in [-0.15, -0.1) is 0 Å². The Morgan fingerprint density at radius 1 is 0.897 bits per heavy atom. The Morgan fingerprint density at radius 3 is 2.17 bits per heavy atom. The van der Waals surface area contributed by atoms with Gasteiger partial charge < -0.3 is 15.7 Å². The fourth-order valence-corrected chi connectivity index (χ4v) is 2.71. The number of rotatable bonds is 14. The summed E-state index contributed by atoms with van der Waals surface area (Å²) in [5.41, 5.74) is 2.64. The van der Waals surface area contributed by atoms with Crippen LogP contribution in [0.2, 0.25) is 0 Å². The van der Waals surface area contributed by atoms with Crippen LogP contribution in [-0.2, 0) is 25.6 Å². The van der Waals surface area contributed by atoms with E-state index in [0.717, 1.165) is 12.8 Å². The minimum Gasteiger partial charge on any atom is -0.481 e. The van der Waals surface area contributed by atoms with E-state index in [1.807, 2.05) is 30.3 Å². The minimum absolute atomic E-state index is 0.0718. The molecule has 1 aromatic rings. The van der Waals surface area contributed by atoms with E-state index in [1.165, 1.54) is 11.0 Å². The second-order valence-electron chi connectivity index (χ2n) is 6.67. The molecule has 0 unspecified atom stereocenters. The van der Waals surface area contributed by atoms with Crippen molar-refractivity contribution in [3.05, 3.63) is 35.9 Å². The van der Waals surface area contributed by atoms with Gasteiger partial charge in [0.2, 0.25) is 11.8 Å². The molecule has 5 N–H and O–H groups in total. The normalized spacial score (nSPS) is 11.3. The number of carboxylic acid groups (broad SMARTS) is 1. The van der Waals surface area contributed by atoms with Crippen molar-refractivity contribution < 1.29 is 29.5 Å². The van der Waals surface area contributed by atoms with Gasteiger partial charge in [-0.3, -0.25) is 24.4 Å². The molecule has 0 fully saturated rings. The van der Waals surface area contributed by atoms with Gasteiger partial charge in [0.25, 0.3) is 5.91 Å². The van der Waals surface area contributed by atoms with Crippen molar-refractivity contribution in [1.82, 2.24) is 16.1 Å². The molecule has 160 valence electrons. The van der Waals surface area contributed by atoms with Gasteiger partial charge in [-0.1, -0.05) is 30.3 Å². The predicted molar refractivity (Wildman–Crippen MR) is 105 cm³/mol. The molecular weight excluding hydrogens is 378 g/mol. The first kappa shape index (κ1) is 24.1. The van der Waals surface area contributed by atoms with E-state index in [0.29, 0.717) is 25.8 Å². The topological polar surface area (TPSA) is 145 Å². The van der Waals surface area contributed by atoms with Crippen molar-refractivity contribution >= 4 is 23.7 Å². The number of benzene rings is 1. The number of carboxylic acids is 1. The van der Waals surface area contributed by atoms with Crippen molar-refractivity contribution in [3.8, 4) is 0 Å². The standard InChI is InChI=1S/C20H29N3O6/c24-17(21-14-6-9-15-7-2-1-3-8-15)10-4-5-11-18(25)22-16(20(28)23-29)12-13-19(26)27/h1-3,7-8,16,29H,4-6,9-14H2,(H,21,24)(H,22,25)(H,23,28)(H,26,27)/t16-/m1/s1. The fourth-order valence-electron chi connectivity index (χ4n) is 2.71. The van der Waals surface area contributed by atoms with Crippen LogP contribution in [0.5, 0.6) is 0 Å². The molecular formula is C20H29N3O6. The van der Waals surface area contributed by atoms with E-state index >= 15 is 0 Å². The molecule has 0 aliphatic rings. The zero-order chi connectivity index (χ0) is 21.5. The number of aryl methyl sites for hydroxylation is 1. The third kappa shape index (κ3) is 11.5. The molecule has 9 heteroatoms. The lowest BCUT2D eigenvalue weighted by Crippen LogP contribution is -2.46. The van der Waals surface area contributed by atoms with Gasteiger partial charge in [0, 0.05) is 25.8 Å². The first-order valence-electron chi connectivity index (χ1n) is 9.68. The van der Waals surface area contributed by atoms with E-state index in [2.05, 4.69) is 10.6 Å². The Kier molecular flexibility index (Phi) is 11.7. The highest BCUT2D eigenvalue weighted by atomic mass is 16.5. The first-order valence-corrected chi connectivity index (χ1v) is 9.68. The summed E-state index contributed by atoms with van der Waals surface area (Å²) >= 11 is 0. The average Bonchev–Trinajstić information content (AvgIpc) is 2.71. The summed E-state index contributed by atoms with van der Waals surface area (Å²) in [5.74, 6) is -2.48. The van der Waals surface area contributed by atoms with E-state index < -0.39 is 23.8 Å². The molecule has 0 radical (unpaired) electrons. The molecule has 1 atom stereocenters. The third-order valence-corrected chi connectivity index (χ3v) is 4.27. The van der Waals surface area contributed by atoms with E-state index in [-0.39, 0.29) is 25.2 Å². The highest BCUT2D eigenvalue weighted by molar-refractivity contribution is 5.87. The van der Waals surface area contributed by atoms with Gasteiger partial charge in [0.05, 0.1) is 0 Å². The second kappa shape index (κ2) is 14.1. The fraction of sp³-hybridized carbons (Fsp3) is 0.500. The van der Waals surface area contributed by atoms with Gasteiger partial charge in [0.15, 0.2) is 0 Å². The van der Waals surface area contributed by atoms with Crippen molar-refractivity contribution in [1.29, 1.82) is 0 Å². The Morgan fingerprint density at radius 2 is 1.55 bits per heavy atom. The summed E-state index contributed by atoms with van der Waals surface area (Å²) in [6.45, 7) is 0.593. The summed E-state index contributed by atoms with van der Waals surface area (Å²) < 4.78 is 0. The second-order valence-corrected chi connectivity index (χ2v) is 6.67. The molecule has 1 rings (SSSR count). The molecule has 0 spiro atoms. The summed E-state index contributed by atoms with van der Waals surface area (Å²) in [5, 5.41) is 22.6. The number of hydrogen-bond acceptors (Lipinski definition) is 5. The quantitative estimate of drug-likeness (QED) is 0.178. The Labute approximate surface area is 169 Å². The largest absolute Gasteiger partial charge is 0.481 e. The summed E-state index contributed by atoms with van der Waals surface area (Å²) in [6.07, 6.45) is 2.68. The Hall–Kier alpha value is -2.94. The van der Waals surface area contributed by atoms with Crippen LogP contribution < -0.4 is 16.1 Å². The Bertz CT molecular complexity index is 665. The number of aliphatic carboxylic acids is 1. The van der Waals surface area contributed by atoms with Crippen LogP contribution >= 0.6 is 0 Å². The molecule has 0 aliphatic carbocycles. The zero-order valence-corrected chi connectivity index (χ0v) is 16.4. The van der Waals surface area contributed by atoms with Crippen LogP contribution in [0.3, 0.4) is 0 Å². The molecule has 0 bridgehead atoms. The van der Waals surface area contributed by atoms with E-state index in [4.69, 9.17) is 10.3 Å². The average molecular weight is 407 g/mol.